The molecule has 148 valence electrons. The van der Waals surface area contributed by atoms with Gasteiger partial charge in [-0.25, -0.2) is 0 Å². The number of hydrogen-bond acceptors (Lipinski definition) is 4. The molecule has 0 aliphatic carbocycles. The molecule has 0 aromatic carbocycles. The number of likely N-dealkylation sites (N-methyl/N-ethyl adjacent to an activating group) is 1. The molecule has 26 heavy (non-hydrogen) atoms. The van der Waals surface area contributed by atoms with Gasteiger partial charge in [0.2, 0.25) is 5.91 Å². The van der Waals surface area contributed by atoms with Gasteiger partial charge in [0.15, 0.2) is 0 Å². The van der Waals surface area contributed by atoms with Gasteiger partial charge >= 0.3 is 0 Å². The van der Waals surface area contributed by atoms with Gasteiger partial charge in [0.1, 0.15) is 5.76 Å². The second-order valence-corrected chi connectivity index (χ2v) is 6.56. The summed E-state index contributed by atoms with van der Waals surface area (Å²) in [6.07, 6.45) is 10.5. The van der Waals surface area contributed by atoms with Crippen LogP contribution in [0.25, 0.3) is 0 Å². The van der Waals surface area contributed by atoms with Crippen molar-refractivity contribution in [3.05, 3.63) is 48.0 Å². The van der Waals surface area contributed by atoms with Gasteiger partial charge in [-0.15, -0.1) is 0 Å². The number of carbonyl (C=O) groups excluding carboxylic acids is 1. The normalized spacial score (nSPS) is 11.8. The first kappa shape index (κ1) is 23.8. The fourth-order valence-electron chi connectivity index (χ4n) is 2.73. The predicted molar refractivity (Wildman–Crippen MR) is 111 cm³/mol. The van der Waals surface area contributed by atoms with Gasteiger partial charge in [0.05, 0.1) is 0 Å². The predicted octanol–water partition coefficient (Wildman–Crippen LogP) is 4.03. The Balaban J connectivity index is 4.36. The van der Waals surface area contributed by atoms with Crippen molar-refractivity contribution in [2.45, 2.75) is 51.9 Å². The maximum atomic E-state index is 11.2. The first-order chi connectivity index (χ1) is 12.3. The van der Waals surface area contributed by atoms with Crippen molar-refractivity contribution in [1.29, 1.82) is 0 Å². The number of aliphatic hydroxyl groups is 1. The molecule has 0 aromatic heterocycles. The van der Waals surface area contributed by atoms with Crippen LogP contribution in [0.5, 0.6) is 0 Å². The lowest BCUT2D eigenvalue weighted by Gasteiger charge is -2.25. The summed E-state index contributed by atoms with van der Waals surface area (Å²) in [5.41, 5.74) is 2.57. The van der Waals surface area contributed by atoms with Crippen LogP contribution in [0.1, 0.15) is 51.9 Å². The van der Waals surface area contributed by atoms with Gasteiger partial charge in [-0.2, -0.15) is 0 Å². The van der Waals surface area contributed by atoms with Crippen LogP contribution in [-0.2, 0) is 4.79 Å². The average Bonchev–Trinajstić information content (AvgIpc) is 2.60. The van der Waals surface area contributed by atoms with Crippen molar-refractivity contribution in [1.82, 2.24) is 15.5 Å². The monoisotopic (exact) mass is 363 g/mol. The molecule has 5 heteroatoms. The largest absolute Gasteiger partial charge is 0.508 e. The SMILES string of the molecule is C=C(O)/C(C(=C)N(C)CCCCCCCC(=O)NC)=C(/C)C/C=C/NC. The van der Waals surface area contributed by atoms with Crippen LogP contribution in [-0.4, -0.2) is 43.6 Å². The lowest BCUT2D eigenvalue weighted by atomic mass is 10.0. The molecule has 1 amide bonds. The van der Waals surface area contributed by atoms with Gasteiger partial charge in [-0.3, -0.25) is 4.79 Å². The first-order valence-electron chi connectivity index (χ1n) is 9.36. The van der Waals surface area contributed by atoms with E-state index in [4.69, 9.17) is 0 Å². The minimum Gasteiger partial charge on any atom is -0.508 e. The third kappa shape index (κ3) is 9.97. The van der Waals surface area contributed by atoms with E-state index in [9.17, 15) is 9.90 Å². The zero-order valence-electron chi connectivity index (χ0n) is 17.0. The molecule has 5 nitrogen and oxygen atoms in total. The fraction of sp³-hybridized carbons (Fsp3) is 0.571. The van der Waals surface area contributed by atoms with Crippen molar-refractivity contribution in [3.8, 4) is 0 Å². The number of hydrogen-bond donors (Lipinski definition) is 3. The van der Waals surface area contributed by atoms with Crippen molar-refractivity contribution in [2.75, 3.05) is 27.7 Å². The third-order valence-electron chi connectivity index (χ3n) is 4.35. The summed E-state index contributed by atoms with van der Waals surface area (Å²) in [4.78, 5) is 13.2. The molecule has 0 heterocycles. The van der Waals surface area contributed by atoms with Crippen molar-refractivity contribution < 1.29 is 9.90 Å². The summed E-state index contributed by atoms with van der Waals surface area (Å²) in [5.74, 6) is 0.177. The number of carbonyl (C=O) groups is 1. The lowest BCUT2D eigenvalue weighted by Crippen LogP contribution is -2.21. The molecule has 0 unspecified atom stereocenters. The summed E-state index contributed by atoms with van der Waals surface area (Å²) >= 11 is 0. The summed E-state index contributed by atoms with van der Waals surface area (Å²) in [6, 6.07) is 0. The van der Waals surface area contributed by atoms with E-state index in [2.05, 4.69) is 28.7 Å². The molecule has 0 fully saturated rings. The van der Waals surface area contributed by atoms with Gasteiger partial charge < -0.3 is 20.6 Å². The highest BCUT2D eigenvalue weighted by Crippen LogP contribution is 2.24. The maximum Gasteiger partial charge on any atom is 0.219 e. The van der Waals surface area contributed by atoms with Crippen molar-refractivity contribution >= 4 is 5.91 Å². The molecule has 0 saturated carbocycles. The number of nitrogens with zero attached hydrogens (tertiary/aromatic N) is 1. The van der Waals surface area contributed by atoms with Crippen molar-refractivity contribution in [2.24, 2.45) is 0 Å². The van der Waals surface area contributed by atoms with Crippen LogP contribution in [0.3, 0.4) is 0 Å². The maximum absolute atomic E-state index is 11.2. The molecular weight excluding hydrogens is 326 g/mol. The van der Waals surface area contributed by atoms with E-state index in [-0.39, 0.29) is 11.7 Å². The van der Waals surface area contributed by atoms with Gasteiger partial charge in [0.25, 0.3) is 0 Å². The summed E-state index contributed by atoms with van der Waals surface area (Å²) in [7, 11) is 5.52. The Bertz CT molecular complexity index is 521. The number of nitrogens with one attached hydrogen (secondary N) is 2. The highest BCUT2D eigenvalue weighted by atomic mass is 16.3. The van der Waals surface area contributed by atoms with E-state index < -0.39 is 0 Å². The molecule has 0 aliphatic rings. The van der Waals surface area contributed by atoms with E-state index >= 15 is 0 Å². The minimum absolute atomic E-state index is 0.0615. The highest BCUT2D eigenvalue weighted by molar-refractivity contribution is 5.75. The Morgan fingerprint density at radius 3 is 2.31 bits per heavy atom. The number of amides is 1. The second-order valence-electron chi connectivity index (χ2n) is 6.56. The molecule has 0 atom stereocenters. The molecule has 0 radical (unpaired) electrons. The summed E-state index contributed by atoms with van der Waals surface area (Å²) in [5, 5.41) is 15.6. The molecule has 0 aliphatic heterocycles. The molecule has 0 rings (SSSR count). The van der Waals surface area contributed by atoms with E-state index in [1.165, 1.54) is 0 Å². The van der Waals surface area contributed by atoms with E-state index in [1.54, 1.807) is 7.05 Å². The van der Waals surface area contributed by atoms with E-state index in [0.29, 0.717) is 6.42 Å². The number of allylic oxidation sites excluding steroid dienone is 2. The van der Waals surface area contributed by atoms with Gasteiger partial charge in [-0.05, 0) is 32.4 Å². The van der Waals surface area contributed by atoms with Crippen molar-refractivity contribution in [3.63, 3.8) is 0 Å². The Kier molecular flexibility index (Phi) is 12.9. The number of aliphatic hydroxyl groups excluding tert-OH is 1. The van der Waals surface area contributed by atoms with Gasteiger partial charge in [0, 0.05) is 45.4 Å². The molecule has 3 N–H and O–H groups in total. The standard InChI is InChI=1S/C21H37N3O2/c1-17(13-12-15-22-4)21(19(3)25)18(2)24(6)16-11-9-7-8-10-14-20(26)23-5/h12,15,22,25H,2-3,7-11,13-14,16H2,1,4-6H3,(H,23,26)/b15-12+,21-17-. The summed E-state index contributed by atoms with van der Waals surface area (Å²) in [6.45, 7) is 10.7. The van der Waals surface area contributed by atoms with E-state index in [1.807, 2.05) is 33.3 Å². The van der Waals surface area contributed by atoms with Gasteiger partial charge in [-0.1, -0.05) is 44.1 Å². The Morgan fingerprint density at radius 1 is 1.12 bits per heavy atom. The first-order valence-corrected chi connectivity index (χ1v) is 9.36. The Morgan fingerprint density at radius 2 is 1.73 bits per heavy atom. The molecule has 0 bridgehead atoms. The minimum atomic E-state index is 0.0615. The van der Waals surface area contributed by atoms with E-state index in [0.717, 1.165) is 61.9 Å². The molecule has 0 aromatic rings. The second kappa shape index (κ2) is 14.0. The molecule has 0 spiro atoms. The zero-order chi connectivity index (χ0) is 19.9. The Hall–Kier alpha value is -2.17. The Labute approximate surface area is 159 Å². The van der Waals surface area contributed by atoms with Crippen LogP contribution in [0.4, 0.5) is 0 Å². The topological polar surface area (TPSA) is 64.6 Å². The summed E-state index contributed by atoms with van der Waals surface area (Å²) < 4.78 is 0. The fourth-order valence-corrected chi connectivity index (χ4v) is 2.73. The third-order valence-corrected chi connectivity index (χ3v) is 4.35. The van der Waals surface area contributed by atoms with Crippen LogP contribution in [0.15, 0.2) is 48.0 Å². The quantitative estimate of drug-likeness (QED) is 0.248. The smallest absolute Gasteiger partial charge is 0.219 e. The van der Waals surface area contributed by atoms with Crippen LogP contribution in [0, 0.1) is 0 Å². The van der Waals surface area contributed by atoms with Crippen LogP contribution >= 0.6 is 0 Å². The highest BCUT2D eigenvalue weighted by Gasteiger charge is 2.13. The zero-order valence-corrected chi connectivity index (χ0v) is 17.0. The van der Waals surface area contributed by atoms with Crippen LogP contribution in [0.2, 0.25) is 0 Å². The molecular formula is C21H37N3O2. The van der Waals surface area contributed by atoms with Crippen LogP contribution < -0.4 is 10.6 Å². The lowest BCUT2D eigenvalue weighted by molar-refractivity contribution is -0.120. The average molecular weight is 364 g/mol. The molecule has 0 saturated heterocycles. The number of rotatable bonds is 14. The number of unbranched alkanes of at least 4 members (excludes halogenated alkanes) is 4.